The van der Waals surface area contributed by atoms with Crippen LogP contribution in [0.1, 0.15) is 31.1 Å². The van der Waals surface area contributed by atoms with Gasteiger partial charge in [0.15, 0.2) is 0 Å². The summed E-state index contributed by atoms with van der Waals surface area (Å²) in [5.41, 5.74) is 0.289. The maximum Gasteiger partial charge on any atom is 0.254 e. The van der Waals surface area contributed by atoms with Gasteiger partial charge in [-0.2, -0.15) is 0 Å². The molecule has 1 rings (SSSR count). The lowest BCUT2D eigenvalue weighted by Gasteiger charge is -2.28. The zero-order valence-corrected chi connectivity index (χ0v) is 10.6. The number of nitrogens with zero attached hydrogens (tertiary/aromatic N) is 1. The number of carbonyl (C=O) groups excluding carboxylic acids is 1. The van der Waals surface area contributed by atoms with E-state index in [0.29, 0.717) is 5.92 Å². The van der Waals surface area contributed by atoms with Gasteiger partial charge in [0.05, 0.1) is 0 Å². The van der Waals surface area contributed by atoms with Crippen LogP contribution in [0.5, 0.6) is 11.5 Å². The van der Waals surface area contributed by atoms with Crippen LogP contribution in [0.4, 0.5) is 0 Å². The summed E-state index contributed by atoms with van der Waals surface area (Å²) in [7, 11) is 1.72. The topological polar surface area (TPSA) is 60.8 Å². The van der Waals surface area contributed by atoms with Crippen molar-refractivity contribution in [3.05, 3.63) is 23.8 Å². The highest BCUT2D eigenvalue weighted by Gasteiger charge is 2.20. The van der Waals surface area contributed by atoms with E-state index in [4.69, 9.17) is 0 Å². The standard InChI is InChI=1S/C13H19NO3/c1-8(2)9(3)14(4)13(17)10-5-11(15)7-12(16)6-10/h5-9,15-16H,1-4H3. The number of hydrogen-bond acceptors (Lipinski definition) is 3. The molecule has 0 aliphatic heterocycles. The van der Waals surface area contributed by atoms with Crippen molar-refractivity contribution in [1.82, 2.24) is 4.90 Å². The molecule has 0 aliphatic carbocycles. The summed E-state index contributed by atoms with van der Waals surface area (Å²) in [4.78, 5) is 13.7. The predicted octanol–water partition coefficient (Wildman–Crippen LogP) is 2.21. The fourth-order valence-electron chi connectivity index (χ4n) is 1.55. The summed E-state index contributed by atoms with van der Waals surface area (Å²) < 4.78 is 0. The lowest BCUT2D eigenvalue weighted by atomic mass is 10.0. The molecule has 0 aliphatic rings. The van der Waals surface area contributed by atoms with Gasteiger partial charge in [-0.05, 0) is 25.0 Å². The third-order valence-electron chi connectivity index (χ3n) is 3.05. The average Bonchev–Trinajstić information content (AvgIpc) is 2.24. The van der Waals surface area contributed by atoms with Crippen molar-refractivity contribution in [1.29, 1.82) is 0 Å². The minimum atomic E-state index is -0.211. The SMILES string of the molecule is CC(C)C(C)N(C)C(=O)c1cc(O)cc(O)c1. The van der Waals surface area contributed by atoms with Crippen LogP contribution in [-0.2, 0) is 0 Å². The number of hydrogen-bond donors (Lipinski definition) is 2. The molecule has 94 valence electrons. The minimum absolute atomic E-state index is 0.0898. The summed E-state index contributed by atoms with van der Waals surface area (Å²) in [6, 6.07) is 3.99. The molecule has 1 atom stereocenters. The van der Waals surface area contributed by atoms with Gasteiger partial charge >= 0.3 is 0 Å². The van der Waals surface area contributed by atoms with Crippen LogP contribution < -0.4 is 0 Å². The summed E-state index contributed by atoms with van der Waals surface area (Å²) in [5, 5.41) is 18.7. The number of aromatic hydroxyl groups is 2. The Kier molecular flexibility index (Phi) is 3.99. The molecule has 0 bridgehead atoms. The van der Waals surface area contributed by atoms with Gasteiger partial charge in [-0.15, -0.1) is 0 Å². The Morgan fingerprint density at radius 2 is 1.59 bits per heavy atom. The number of benzene rings is 1. The molecule has 4 nitrogen and oxygen atoms in total. The van der Waals surface area contributed by atoms with Gasteiger partial charge in [-0.1, -0.05) is 13.8 Å². The Bertz CT molecular complexity index is 395. The first-order chi connectivity index (χ1) is 7.82. The number of phenols is 2. The van der Waals surface area contributed by atoms with Crippen LogP contribution in [0.3, 0.4) is 0 Å². The Morgan fingerprint density at radius 3 is 2.00 bits per heavy atom. The number of amides is 1. The molecule has 4 heteroatoms. The van der Waals surface area contributed by atoms with E-state index in [0.717, 1.165) is 0 Å². The second kappa shape index (κ2) is 5.08. The summed E-state index contributed by atoms with van der Waals surface area (Å²) >= 11 is 0. The summed E-state index contributed by atoms with van der Waals surface area (Å²) in [6.07, 6.45) is 0. The lowest BCUT2D eigenvalue weighted by molar-refractivity contribution is 0.0706. The zero-order valence-electron chi connectivity index (χ0n) is 10.6. The van der Waals surface area contributed by atoms with Gasteiger partial charge in [-0.3, -0.25) is 4.79 Å². The molecular weight excluding hydrogens is 218 g/mol. The Hall–Kier alpha value is -1.71. The van der Waals surface area contributed by atoms with E-state index in [2.05, 4.69) is 0 Å². The third kappa shape index (κ3) is 3.12. The molecule has 0 fully saturated rings. The molecule has 0 radical (unpaired) electrons. The van der Waals surface area contributed by atoms with Gasteiger partial charge < -0.3 is 15.1 Å². The van der Waals surface area contributed by atoms with Crippen molar-refractivity contribution in [2.75, 3.05) is 7.05 Å². The van der Waals surface area contributed by atoms with E-state index in [1.807, 2.05) is 20.8 Å². The maximum absolute atomic E-state index is 12.1. The Balaban J connectivity index is 2.96. The number of rotatable bonds is 3. The van der Waals surface area contributed by atoms with E-state index >= 15 is 0 Å². The molecule has 0 saturated heterocycles. The van der Waals surface area contributed by atoms with E-state index < -0.39 is 0 Å². The molecule has 0 saturated carbocycles. The first-order valence-corrected chi connectivity index (χ1v) is 5.63. The number of phenolic OH excluding ortho intramolecular Hbond substituents is 2. The fraction of sp³-hybridized carbons (Fsp3) is 0.462. The molecule has 1 unspecified atom stereocenters. The second-order valence-corrected chi connectivity index (χ2v) is 4.64. The quantitative estimate of drug-likeness (QED) is 0.847. The van der Waals surface area contributed by atoms with Gasteiger partial charge in [0.2, 0.25) is 0 Å². The largest absolute Gasteiger partial charge is 0.508 e. The van der Waals surface area contributed by atoms with Crippen LogP contribution in [0.25, 0.3) is 0 Å². The van der Waals surface area contributed by atoms with E-state index in [1.54, 1.807) is 11.9 Å². The highest BCUT2D eigenvalue weighted by atomic mass is 16.3. The summed E-state index contributed by atoms with van der Waals surface area (Å²) in [6.45, 7) is 6.04. The van der Waals surface area contributed by atoms with Crippen LogP contribution >= 0.6 is 0 Å². The van der Waals surface area contributed by atoms with Crippen molar-refractivity contribution >= 4 is 5.91 Å². The molecule has 1 amide bonds. The monoisotopic (exact) mass is 237 g/mol. The van der Waals surface area contributed by atoms with E-state index in [9.17, 15) is 15.0 Å². The molecule has 0 spiro atoms. The molecule has 2 N–H and O–H groups in total. The van der Waals surface area contributed by atoms with E-state index in [1.165, 1.54) is 18.2 Å². The van der Waals surface area contributed by atoms with Crippen molar-refractivity contribution < 1.29 is 15.0 Å². The van der Waals surface area contributed by atoms with Gasteiger partial charge in [-0.25, -0.2) is 0 Å². The minimum Gasteiger partial charge on any atom is -0.508 e. The summed E-state index contributed by atoms with van der Waals surface area (Å²) in [5.74, 6) is -0.0924. The van der Waals surface area contributed by atoms with Crippen LogP contribution in [0.15, 0.2) is 18.2 Å². The van der Waals surface area contributed by atoms with Gasteiger partial charge in [0.25, 0.3) is 5.91 Å². The first kappa shape index (κ1) is 13.4. The Morgan fingerprint density at radius 1 is 1.12 bits per heavy atom. The Labute approximate surface area is 101 Å². The second-order valence-electron chi connectivity index (χ2n) is 4.64. The van der Waals surface area contributed by atoms with Crippen molar-refractivity contribution in [3.63, 3.8) is 0 Å². The van der Waals surface area contributed by atoms with Gasteiger partial charge in [0, 0.05) is 24.7 Å². The smallest absolute Gasteiger partial charge is 0.254 e. The normalized spacial score (nSPS) is 12.5. The molecule has 0 heterocycles. The highest BCUT2D eigenvalue weighted by Crippen LogP contribution is 2.22. The fourth-order valence-corrected chi connectivity index (χ4v) is 1.55. The van der Waals surface area contributed by atoms with Gasteiger partial charge in [0.1, 0.15) is 11.5 Å². The van der Waals surface area contributed by atoms with Crippen molar-refractivity contribution in [2.45, 2.75) is 26.8 Å². The van der Waals surface area contributed by atoms with Crippen molar-refractivity contribution in [3.8, 4) is 11.5 Å². The molecule has 1 aromatic carbocycles. The zero-order chi connectivity index (χ0) is 13.2. The lowest BCUT2D eigenvalue weighted by Crippen LogP contribution is -2.38. The number of carbonyl (C=O) groups is 1. The first-order valence-electron chi connectivity index (χ1n) is 5.63. The van der Waals surface area contributed by atoms with Crippen molar-refractivity contribution in [2.24, 2.45) is 5.92 Å². The van der Waals surface area contributed by atoms with Crippen LogP contribution in [0.2, 0.25) is 0 Å². The van der Waals surface area contributed by atoms with Crippen LogP contribution in [0, 0.1) is 5.92 Å². The van der Waals surface area contributed by atoms with Crippen LogP contribution in [-0.4, -0.2) is 34.1 Å². The third-order valence-corrected chi connectivity index (χ3v) is 3.05. The molecule has 0 aromatic heterocycles. The molecule has 1 aromatic rings. The molecule has 17 heavy (non-hydrogen) atoms. The predicted molar refractivity (Wildman–Crippen MR) is 66.2 cm³/mol. The average molecular weight is 237 g/mol. The maximum atomic E-state index is 12.1. The van der Waals surface area contributed by atoms with E-state index in [-0.39, 0.29) is 29.0 Å². The highest BCUT2D eigenvalue weighted by molar-refractivity contribution is 5.95. The molecular formula is C13H19NO3.